The Morgan fingerprint density at radius 3 is 2.61 bits per heavy atom. The molecule has 120 valence electrons. The van der Waals surface area contributed by atoms with Crippen LogP contribution in [0.2, 0.25) is 0 Å². The highest BCUT2D eigenvalue weighted by Crippen LogP contribution is 2.34. The molecule has 0 N–H and O–H groups in total. The molecule has 2 heterocycles. The number of fused-ring (bicyclic) bond motifs is 1. The Hall–Kier alpha value is -2.29. The van der Waals surface area contributed by atoms with E-state index < -0.39 is 6.36 Å². The van der Waals surface area contributed by atoms with Gasteiger partial charge in [-0.25, -0.2) is 9.50 Å². The van der Waals surface area contributed by atoms with Gasteiger partial charge in [-0.2, -0.15) is 4.98 Å². The van der Waals surface area contributed by atoms with Crippen molar-refractivity contribution in [1.82, 2.24) is 19.6 Å². The van der Waals surface area contributed by atoms with Crippen LogP contribution < -0.4 is 4.74 Å². The summed E-state index contributed by atoms with van der Waals surface area (Å²) in [5, 5.41) is 4.79. The molecular weight excluding hydrogens is 329 g/mol. The average Bonchev–Trinajstić information content (AvgIpc) is 2.88. The zero-order valence-corrected chi connectivity index (χ0v) is 12.7. The molecule has 2 aromatic heterocycles. The van der Waals surface area contributed by atoms with Gasteiger partial charge in [-0.1, -0.05) is 23.9 Å². The van der Waals surface area contributed by atoms with Gasteiger partial charge in [-0.05, 0) is 30.7 Å². The van der Waals surface area contributed by atoms with Crippen LogP contribution in [0.4, 0.5) is 13.2 Å². The zero-order valence-electron chi connectivity index (χ0n) is 11.9. The second kappa shape index (κ2) is 6.07. The van der Waals surface area contributed by atoms with Crippen molar-refractivity contribution in [3.05, 3.63) is 48.3 Å². The lowest BCUT2D eigenvalue weighted by molar-refractivity contribution is -0.274. The quantitative estimate of drug-likeness (QED) is 0.675. The van der Waals surface area contributed by atoms with Crippen molar-refractivity contribution in [3.8, 4) is 5.75 Å². The van der Waals surface area contributed by atoms with Crippen LogP contribution in [0.25, 0.3) is 5.78 Å². The summed E-state index contributed by atoms with van der Waals surface area (Å²) in [5.74, 6) is 0.254. The van der Waals surface area contributed by atoms with Crippen LogP contribution in [0.3, 0.4) is 0 Å². The van der Waals surface area contributed by atoms with E-state index in [0.717, 1.165) is 5.56 Å². The minimum absolute atomic E-state index is 0.0349. The van der Waals surface area contributed by atoms with E-state index in [2.05, 4.69) is 19.8 Å². The van der Waals surface area contributed by atoms with Crippen molar-refractivity contribution >= 4 is 17.5 Å². The molecule has 5 nitrogen and oxygen atoms in total. The lowest BCUT2D eigenvalue weighted by Gasteiger charge is -2.12. The molecule has 1 aromatic carbocycles. The van der Waals surface area contributed by atoms with E-state index >= 15 is 0 Å². The maximum Gasteiger partial charge on any atom is 0.573 e. The fourth-order valence-corrected chi connectivity index (χ4v) is 2.81. The lowest BCUT2D eigenvalue weighted by atomic mass is 10.2. The average molecular weight is 340 g/mol. The molecule has 0 aliphatic rings. The first-order valence-corrected chi connectivity index (χ1v) is 7.48. The van der Waals surface area contributed by atoms with Crippen molar-refractivity contribution in [2.75, 3.05) is 0 Å². The van der Waals surface area contributed by atoms with Gasteiger partial charge >= 0.3 is 6.36 Å². The van der Waals surface area contributed by atoms with Crippen molar-refractivity contribution in [2.45, 2.75) is 23.7 Å². The smallest absolute Gasteiger partial charge is 0.406 e. The van der Waals surface area contributed by atoms with Gasteiger partial charge < -0.3 is 4.74 Å². The van der Waals surface area contributed by atoms with E-state index in [1.165, 1.54) is 23.9 Å². The second-order valence-electron chi connectivity index (χ2n) is 4.64. The summed E-state index contributed by atoms with van der Waals surface area (Å²) >= 11 is 1.40. The third kappa shape index (κ3) is 3.92. The van der Waals surface area contributed by atoms with Crippen LogP contribution in [0.15, 0.2) is 47.9 Å². The number of benzene rings is 1. The summed E-state index contributed by atoms with van der Waals surface area (Å²) in [7, 11) is 0. The van der Waals surface area contributed by atoms with Gasteiger partial charge in [0.05, 0.1) is 0 Å². The summed E-state index contributed by atoms with van der Waals surface area (Å²) < 4.78 is 41.8. The minimum Gasteiger partial charge on any atom is -0.406 e. The van der Waals surface area contributed by atoms with Crippen LogP contribution in [0.1, 0.15) is 17.7 Å². The van der Waals surface area contributed by atoms with E-state index in [0.29, 0.717) is 10.9 Å². The Labute approximate surface area is 133 Å². The molecule has 0 aliphatic heterocycles. The fraction of sp³-hybridized carbons (Fsp3) is 0.214. The predicted octanol–water partition coefficient (Wildman–Crippen LogP) is 3.88. The summed E-state index contributed by atoms with van der Waals surface area (Å²) in [6, 6.07) is 7.51. The number of aromatic nitrogens is 4. The molecule has 0 amide bonds. The van der Waals surface area contributed by atoms with Gasteiger partial charge in [0.1, 0.15) is 5.75 Å². The highest BCUT2D eigenvalue weighted by atomic mass is 32.2. The molecular formula is C14H11F3N4OS. The number of hydrogen-bond donors (Lipinski definition) is 0. The predicted molar refractivity (Wildman–Crippen MR) is 78.2 cm³/mol. The summed E-state index contributed by atoms with van der Waals surface area (Å²) in [6.45, 7) is 1.92. The standard InChI is InChI=1S/C14H11F3N4OS/c1-9(10-3-5-11(6-4-10)22-14(15,16)17)23-13-19-12-18-7-2-8-21(12)20-13/h2-9H,1H3/t9-/m0/s1. The van der Waals surface area contributed by atoms with Gasteiger partial charge in [-0.15, -0.1) is 18.3 Å². The Bertz CT molecular complexity index is 771. The van der Waals surface area contributed by atoms with Crippen LogP contribution in [0, 0.1) is 0 Å². The molecule has 0 saturated carbocycles. The number of nitrogens with zero attached hydrogens (tertiary/aromatic N) is 4. The monoisotopic (exact) mass is 340 g/mol. The fourth-order valence-electron chi connectivity index (χ4n) is 1.93. The van der Waals surface area contributed by atoms with Crippen LogP contribution in [0.5, 0.6) is 5.75 Å². The summed E-state index contributed by atoms with van der Waals surface area (Å²) in [5.41, 5.74) is 0.844. The molecule has 3 rings (SSSR count). The topological polar surface area (TPSA) is 52.3 Å². The number of rotatable bonds is 4. The first-order chi connectivity index (χ1) is 10.9. The van der Waals surface area contributed by atoms with Gasteiger partial charge in [0.15, 0.2) is 0 Å². The van der Waals surface area contributed by atoms with Crippen molar-refractivity contribution in [3.63, 3.8) is 0 Å². The van der Waals surface area contributed by atoms with Crippen LogP contribution in [-0.2, 0) is 0 Å². The van der Waals surface area contributed by atoms with Gasteiger partial charge in [0.2, 0.25) is 5.16 Å². The SMILES string of the molecule is C[C@H](Sc1nc2ncccn2n1)c1ccc(OC(F)(F)F)cc1. The van der Waals surface area contributed by atoms with Crippen LogP contribution >= 0.6 is 11.8 Å². The Morgan fingerprint density at radius 2 is 1.96 bits per heavy atom. The third-order valence-corrected chi connectivity index (χ3v) is 3.97. The van der Waals surface area contributed by atoms with Crippen molar-refractivity contribution in [2.24, 2.45) is 0 Å². The van der Waals surface area contributed by atoms with Crippen molar-refractivity contribution < 1.29 is 17.9 Å². The highest BCUT2D eigenvalue weighted by molar-refractivity contribution is 7.99. The number of thioether (sulfide) groups is 1. The second-order valence-corrected chi connectivity index (χ2v) is 5.94. The first kappa shape index (κ1) is 15.6. The maximum absolute atomic E-state index is 12.1. The minimum atomic E-state index is -4.69. The van der Waals surface area contributed by atoms with E-state index in [4.69, 9.17) is 0 Å². The highest BCUT2D eigenvalue weighted by Gasteiger charge is 2.31. The maximum atomic E-state index is 12.1. The molecule has 1 atom stereocenters. The molecule has 0 spiro atoms. The molecule has 0 bridgehead atoms. The largest absolute Gasteiger partial charge is 0.573 e. The molecule has 0 radical (unpaired) electrons. The number of hydrogen-bond acceptors (Lipinski definition) is 5. The third-order valence-electron chi connectivity index (χ3n) is 2.96. The van der Waals surface area contributed by atoms with Gasteiger partial charge in [0.25, 0.3) is 5.78 Å². The molecule has 0 fully saturated rings. The number of ether oxygens (including phenoxy) is 1. The van der Waals surface area contributed by atoms with Gasteiger partial charge in [-0.3, -0.25) is 0 Å². The molecule has 0 unspecified atom stereocenters. The molecule has 0 saturated heterocycles. The van der Waals surface area contributed by atoms with E-state index in [9.17, 15) is 13.2 Å². The zero-order chi connectivity index (χ0) is 16.4. The van der Waals surface area contributed by atoms with Crippen molar-refractivity contribution in [1.29, 1.82) is 0 Å². The Kier molecular flexibility index (Phi) is 4.12. The summed E-state index contributed by atoms with van der Waals surface area (Å²) in [4.78, 5) is 8.35. The Morgan fingerprint density at radius 1 is 1.22 bits per heavy atom. The van der Waals surface area contributed by atoms with E-state index in [1.807, 2.05) is 6.92 Å². The normalized spacial score (nSPS) is 13.2. The first-order valence-electron chi connectivity index (χ1n) is 6.60. The van der Waals surface area contributed by atoms with E-state index in [-0.39, 0.29) is 11.0 Å². The molecule has 0 aliphatic carbocycles. The number of halogens is 3. The molecule has 9 heteroatoms. The Balaban J connectivity index is 1.71. The lowest BCUT2D eigenvalue weighted by Crippen LogP contribution is -2.17. The molecule has 3 aromatic rings. The molecule has 23 heavy (non-hydrogen) atoms. The van der Waals surface area contributed by atoms with Crippen LogP contribution in [-0.4, -0.2) is 25.9 Å². The van der Waals surface area contributed by atoms with Gasteiger partial charge in [0, 0.05) is 17.6 Å². The summed E-state index contributed by atoms with van der Waals surface area (Å²) in [6.07, 6.45) is -1.32. The number of alkyl halides is 3. The van der Waals surface area contributed by atoms with E-state index in [1.54, 1.807) is 35.1 Å².